The number of phenols is 1. The Hall–Kier alpha value is -2.81. The monoisotopic (exact) mass is 312 g/mol. The summed E-state index contributed by atoms with van der Waals surface area (Å²) in [5.41, 5.74) is 1.06. The SMILES string of the molecule is COc1ccc(C2C3=C(CCCC3=O)OC(=N)C2C#N)cc1O. The normalized spacial score (nSPS) is 23.8. The van der Waals surface area contributed by atoms with Gasteiger partial charge >= 0.3 is 0 Å². The van der Waals surface area contributed by atoms with Crippen LogP contribution < -0.4 is 4.74 Å². The van der Waals surface area contributed by atoms with Crippen molar-refractivity contribution in [2.75, 3.05) is 7.11 Å². The third-order valence-corrected chi connectivity index (χ3v) is 4.27. The average molecular weight is 312 g/mol. The first kappa shape index (κ1) is 15.1. The maximum atomic E-state index is 12.4. The molecular formula is C17H16N2O4. The Bertz CT molecular complexity index is 760. The Kier molecular flexibility index (Phi) is 3.78. The van der Waals surface area contributed by atoms with Gasteiger partial charge in [-0.25, -0.2) is 0 Å². The van der Waals surface area contributed by atoms with E-state index < -0.39 is 11.8 Å². The third-order valence-electron chi connectivity index (χ3n) is 4.27. The van der Waals surface area contributed by atoms with Crippen molar-refractivity contribution >= 4 is 11.7 Å². The largest absolute Gasteiger partial charge is 0.504 e. The summed E-state index contributed by atoms with van der Waals surface area (Å²) in [5.74, 6) is -0.957. The summed E-state index contributed by atoms with van der Waals surface area (Å²) in [4.78, 5) is 12.4. The van der Waals surface area contributed by atoms with Gasteiger partial charge in [-0.15, -0.1) is 0 Å². The van der Waals surface area contributed by atoms with Gasteiger partial charge in [0.2, 0.25) is 5.90 Å². The molecule has 0 aromatic heterocycles. The number of aromatic hydroxyl groups is 1. The summed E-state index contributed by atoms with van der Waals surface area (Å²) < 4.78 is 10.5. The molecule has 0 saturated heterocycles. The zero-order valence-electron chi connectivity index (χ0n) is 12.6. The molecule has 1 aliphatic carbocycles. The average Bonchev–Trinajstić information content (AvgIpc) is 2.53. The smallest absolute Gasteiger partial charge is 0.205 e. The quantitative estimate of drug-likeness (QED) is 0.873. The van der Waals surface area contributed by atoms with E-state index in [9.17, 15) is 15.2 Å². The molecule has 0 saturated carbocycles. The molecule has 2 aliphatic rings. The number of Topliss-reactive ketones (excluding diaryl/α,β-unsaturated/α-hetero) is 1. The second-order valence-corrected chi connectivity index (χ2v) is 5.60. The Morgan fingerprint density at radius 3 is 2.87 bits per heavy atom. The second-order valence-electron chi connectivity index (χ2n) is 5.60. The van der Waals surface area contributed by atoms with Gasteiger partial charge in [-0.3, -0.25) is 10.2 Å². The molecule has 118 valence electrons. The lowest BCUT2D eigenvalue weighted by Gasteiger charge is -2.34. The fraction of sp³-hybridized carbons (Fsp3) is 0.353. The summed E-state index contributed by atoms with van der Waals surface area (Å²) >= 11 is 0. The van der Waals surface area contributed by atoms with Crippen LogP contribution in [0.1, 0.15) is 30.7 Å². The Labute approximate surface area is 133 Å². The van der Waals surface area contributed by atoms with Crippen LogP contribution in [0, 0.1) is 22.7 Å². The maximum Gasteiger partial charge on any atom is 0.205 e. The molecule has 0 amide bonds. The van der Waals surface area contributed by atoms with Crippen molar-refractivity contribution < 1.29 is 19.4 Å². The number of nitrogens with zero attached hydrogens (tertiary/aromatic N) is 1. The van der Waals surface area contributed by atoms with Crippen molar-refractivity contribution in [2.45, 2.75) is 25.2 Å². The van der Waals surface area contributed by atoms with E-state index in [-0.39, 0.29) is 17.4 Å². The van der Waals surface area contributed by atoms with Crippen LogP contribution in [-0.2, 0) is 9.53 Å². The van der Waals surface area contributed by atoms with Gasteiger partial charge in [-0.2, -0.15) is 5.26 Å². The first-order valence-corrected chi connectivity index (χ1v) is 7.36. The van der Waals surface area contributed by atoms with E-state index in [4.69, 9.17) is 14.9 Å². The summed E-state index contributed by atoms with van der Waals surface area (Å²) in [6.07, 6.45) is 1.68. The molecule has 0 spiro atoms. The molecule has 6 nitrogen and oxygen atoms in total. The van der Waals surface area contributed by atoms with E-state index in [0.717, 1.165) is 0 Å². The number of methoxy groups -OCH3 is 1. The van der Waals surface area contributed by atoms with Crippen LogP contribution in [0.3, 0.4) is 0 Å². The lowest BCUT2D eigenvalue weighted by molar-refractivity contribution is -0.116. The number of allylic oxidation sites excluding steroid dienone is 2. The number of rotatable bonds is 2. The topological polar surface area (TPSA) is 103 Å². The van der Waals surface area contributed by atoms with Crippen LogP contribution in [0.2, 0.25) is 0 Å². The summed E-state index contributed by atoms with van der Waals surface area (Å²) in [7, 11) is 1.45. The highest BCUT2D eigenvalue weighted by atomic mass is 16.5. The zero-order valence-corrected chi connectivity index (χ0v) is 12.6. The number of hydrogen-bond donors (Lipinski definition) is 2. The van der Waals surface area contributed by atoms with E-state index in [1.165, 1.54) is 13.2 Å². The number of nitriles is 1. The van der Waals surface area contributed by atoms with Gasteiger partial charge in [0.05, 0.1) is 13.2 Å². The van der Waals surface area contributed by atoms with Gasteiger partial charge in [0.25, 0.3) is 0 Å². The maximum absolute atomic E-state index is 12.4. The molecule has 1 heterocycles. The zero-order chi connectivity index (χ0) is 16.6. The molecule has 2 N–H and O–H groups in total. The Balaban J connectivity index is 2.15. The third kappa shape index (κ3) is 2.44. The highest BCUT2D eigenvalue weighted by Crippen LogP contribution is 2.44. The number of hydrogen-bond acceptors (Lipinski definition) is 6. The molecule has 23 heavy (non-hydrogen) atoms. The van der Waals surface area contributed by atoms with Crippen LogP contribution in [0.4, 0.5) is 0 Å². The molecule has 1 aromatic rings. The minimum absolute atomic E-state index is 0.0562. The van der Waals surface area contributed by atoms with Crippen molar-refractivity contribution in [2.24, 2.45) is 5.92 Å². The fourth-order valence-electron chi connectivity index (χ4n) is 3.19. The Morgan fingerprint density at radius 1 is 1.43 bits per heavy atom. The van der Waals surface area contributed by atoms with Crippen molar-refractivity contribution in [3.8, 4) is 17.6 Å². The van der Waals surface area contributed by atoms with E-state index in [1.54, 1.807) is 12.1 Å². The van der Waals surface area contributed by atoms with Gasteiger partial charge in [-0.1, -0.05) is 6.07 Å². The number of benzene rings is 1. The summed E-state index contributed by atoms with van der Waals surface area (Å²) in [5, 5.41) is 27.4. The van der Waals surface area contributed by atoms with Gasteiger partial charge in [0, 0.05) is 24.3 Å². The molecule has 1 aromatic carbocycles. The van der Waals surface area contributed by atoms with E-state index in [2.05, 4.69) is 6.07 Å². The summed E-state index contributed by atoms with van der Waals surface area (Å²) in [6.45, 7) is 0. The van der Waals surface area contributed by atoms with Gasteiger partial charge in [0.15, 0.2) is 17.3 Å². The van der Waals surface area contributed by atoms with E-state index in [0.29, 0.717) is 41.9 Å². The van der Waals surface area contributed by atoms with Gasteiger partial charge < -0.3 is 14.6 Å². The molecule has 3 rings (SSSR count). The fourth-order valence-corrected chi connectivity index (χ4v) is 3.19. The molecular weight excluding hydrogens is 296 g/mol. The number of nitrogens with one attached hydrogen (secondary N) is 1. The van der Waals surface area contributed by atoms with E-state index in [1.807, 2.05) is 0 Å². The van der Waals surface area contributed by atoms with Crippen LogP contribution in [0.15, 0.2) is 29.5 Å². The molecule has 0 bridgehead atoms. The number of ether oxygens (including phenoxy) is 2. The molecule has 6 heteroatoms. The number of ketones is 1. The second kappa shape index (κ2) is 5.76. The first-order chi connectivity index (χ1) is 11.1. The van der Waals surface area contributed by atoms with Crippen molar-refractivity contribution in [3.63, 3.8) is 0 Å². The highest BCUT2D eigenvalue weighted by molar-refractivity contribution is 6.01. The lowest BCUT2D eigenvalue weighted by atomic mass is 9.74. The molecule has 0 radical (unpaired) electrons. The number of carbonyl (C=O) groups excluding carboxylic acids is 1. The van der Waals surface area contributed by atoms with Gasteiger partial charge in [0.1, 0.15) is 11.7 Å². The van der Waals surface area contributed by atoms with Crippen LogP contribution in [0.5, 0.6) is 11.5 Å². The van der Waals surface area contributed by atoms with Crippen LogP contribution in [0.25, 0.3) is 0 Å². The molecule has 1 aliphatic heterocycles. The Morgan fingerprint density at radius 2 is 2.22 bits per heavy atom. The minimum Gasteiger partial charge on any atom is -0.504 e. The van der Waals surface area contributed by atoms with Crippen molar-refractivity contribution in [1.29, 1.82) is 10.7 Å². The number of carbonyl (C=O) groups is 1. The standard InChI is InChI=1S/C17H16N2O4/c1-22-13-6-5-9(7-12(13)21)15-10(8-18)17(19)23-14-4-2-3-11(20)16(14)15/h5-7,10,15,19,21H,2-4H2,1H3. The van der Waals surface area contributed by atoms with Crippen molar-refractivity contribution in [3.05, 3.63) is 35.1 Å². The predicted molar refractivity (Wildman–Crippen MR) is 81.2 cm³/mol. The molecule has 2 unspecified atom stereocenters. The van der Waals surface area contributed by atoms with Crippen molar-refractivity contribution in [1.82, 2.24) is 0 Å². The molecule has 2 atom stereocenters. The van der Waals surface area contributed by atoms with Crippen LogP contribution in [-0.4, -0.2) is 23.9 Å². The van der Waals surface area contributed by atoms with Gasteiger partial charge in [-0.05, 0) is 24.1 Å². The first-order valence-electron chi connectivity index (χ1n) is 7.36. The van der Waals surface area contributed by atoms with Crippen LogP contribution >= 0.6 is 0 Å². The van der Waals surface area contributed by atoms with E-state index >= 15 is 0 Å². The highest BCUT2D eigenvalue weighted by Gasteiger charge is 2.42. The summed E-state index contributed by atoms with van der Waals surface area (Å²) in [6, 6.07) is 6.84. The predicted octanol–water partition coefficient (Wildman–Crippen LogP) is 2.64. The lowest BCUT2D eigenvalue weighted by Crippen LogP contribution is -2.34. The molecule has 0 fully saturated rings. The number of phenolic OH excluding ortho intramolecular Hbond substituents is 1. The minimum atomic E-state index is -0.886.